The van der Waals surface area contributed by atoms with Gasteiger partial charge in [-0.25, -0.2) is 4.99 Å². The highest BCUT2D eigenvalue weighted by molar-refractivity contribution is 6.28. The Balaban J connectivity index is 2.53. The van der Waals surface area contributed by atoms with Crippen molar-refractivity contribution in [2.75, 3.05) is 12.5 Å². The van der Waals surface area contributed by atoms with E-state index in [-0.39, 0.29) is 11.8 Å². The van der Waals surface area contributed by atoms with E-state index < -0.39 is 0 Å². The second-order valence-corrected chi connectivity index (χ2v) is 3.98. The number of nitrogens with two attached hydrogens (primary N) is 1. The number of ether oxygens (including phenoxy) is 1. The van der Waals surface area contributed by atoms with Crippen molar-refractivity contribution in [2.45, 2.75) is 19.8 Å². The van der Waals surface area contributed by atoms with Crippen LogP contribution in [0.1, 0.15) is 18.9 Å². The Morgan fingerprint density at radius 3 is 2.61 bits per heavy atom. The molecule has 0 aromatic heterocycles. The van der Waals surface area contributed by atoms with Crippen LogP contribution in [0.2, 0.25) is 0 Å². The summed E-state index contributed by atoms with van der Waals surface area (Å²) in [5.74, 6) is 0.423. The number of alkyl halides is 1. The van der Waals surface area contributed by atoms with Crippen molar-refractivity contribution in [3.8, 4) is 0 Å². The fourth-order valence-electron chi connectivity index (χ4n) is 1.41. The molecule has 0 bridgehead atoms. The summed E-state index contributed by atoms with van der Waals surface area (Å²) in [6.07, 6.45) is 1.05. The van der Waals surface area contributed by atoms with Crippen LogP contribution in [-0.4, -0.2) is 24.3 Å². The highest BCUT2D eigenvalue weighted by Crippen LogP contribution is 2.14. The second kappa shape index (κ2) is 7.71. The van der Waals surface area contributed by atoms with E-state index in [1.807, 2.05) is 24.3 Å². The predicted molar refractivity (Wildman–Crippen MR) is 73.4 cm³/mol. The monoisotopic (exact) mass is 268 g/mol. The van der Waals surface area contributed by atoms with Gasteiger partial charge in [-0.3, -0.25) is 4.79 Å². The average Bonchev–Trinajstić information content (AvgIpc) is 2.38. The number of esters is 1. The number of carbonyl (C=O) groups excluding carboxylic acids is 1. The molecule has 0 saturated carbocycles. The van der Waals surface area contributed by atoms with E-state index >= 15 is 0 Å². The Kier molecular flexibility index (Phi) is 6.22. The molecule has 0 saturated heterocycles. The topological polar surface area (TPSA) is 64.7 Å². The highest BCUT2D eigenvalue weighted by atomic mass is 35.5. The lowest BCUT2D eigenvalue weighted by Crippen LogP contribution is -2.12. The van der Waals surface area contributed by atoms with E-state index in [9.17, 15) is 4.79 Å². The SMILES string of the molecule is CCOC(=O)CCc1ccc(N=C(N)CCl)cc1. The lowest BCUT2D eigenvalue weighted by Gasteiger charge is -2.03. The lowest BCUT2D eigenvalue weighted by atomic mass is 10.1. The molecule has 0 radical (unpaired) electrons. The Hall–Kier alpha value is -1.55. The first-order chi connectivity index (χ1) is 8.65. The number of amidine groups is 1. The van der Waals surface area contributed by atoms with Gasteiger partial charge in [-0.15, -0.1) is 11.6 Å². The number of aliphatic imine (C=N–C) groups is 1. The van der Waals surface area contributed by atoms with E-state index in [1.165, 1.54) is 0 Å². The Morgan fingerprint density at radius 2 is 2.06 bits per heavy atom. The zero-order chi connectivity index (χ0) is 13.4. The number of nitrogens with zero attached hydrogens (tertiary/aromatic N) is 1. The van der Waals surface area contributed by atoms with E-state index in [2.05, 4.69) is 4.99 Å². The van der Waals surface area contributed by atoms with Gasteiger partial charge in [0.15, 0.2) is 0 Å². The van der Waals surface area contributed by atoms with Crippen LogP contribution in [0, 0.1) is 0 Å². The molecule has 0 amide bonds. The van der Waals surface area contributed by atoms with Crippen LogP contribution in [0.5, 0.6) is 0 Å². The fraction of sp³-hybridized carbons (Fsp3) is 0.385. The van der Waals surface area contributed by atoms with Crippen molar-refractivity contribution in [1.82, 2.24) is 0 Å². The van der Waals surface area contributed by atoms with Crippen LogP contribution < -0.4 is 5.73 Å². The molecular weight excluding hydrogens is 252 g/mol. The van der Waals surface area contributed by atoms with Gasteiger partial charge < -0.3 is 10.5 Å². The fourth-order valence-corrected chi connectivity index (χ4v) is 1.47. The third kappa shape index (κ3) is 5.19. The minimum absolute atomic E-state index is 0.175. The van der Waals surface area contributed by atoms with E-state index in [4.69, 9.17) is 22.1 Å². The number of rotatable bonds is 6. The summed E-state index contributed by atoms with van der Waals surface area (Å²) >= 11 is 5.54. The first-order valence-electron chi connectivity index (χ1n) is 5.79. The van der Waals surface area contributed by atoms with E-state index in [0.717, 1.165) is 11.3 Å². The number of aryl methyl sites for hydroxylation is 1. The first kappa shape index (κ1) is 14.5. The highest BCUT2D eigenvalue weighted by Gasteiger charge is 2.02. The maximum atomic E-state index is 11.2. The molecule has 1 aromatic carbocycles. The number of carbonyl (C=O) groups is 1. The molecule has 0 aliphatic carbocycles. The Morgan fingerprint density at radius 1 is 1.39 bits per heavy atom. The number of benzene rings is 1. The molecule has 1 aromatic rings. The smallest absolute Gasteiger partial charge is 0.306 e. The number of hydrogen-bond acceptors (Lipinski definition) is 3. The average molecular weight is 269 g/mol. The Labute approximate surface area is 112 Å². The van der Waals surface area contributed by atoms with Crippen molar-refractivity contribution in [3.05, 3.63) is 29.8 Å². The van der Waals surface area contributed by atoms with Crippen molar-refractivity contribution in [3.63, 3.8) is 0 Å². The van der Waals surface area contributed by atoms with Crippen LogP contribution in [-0.2, 0) is 16.0 Å². The van der Waals surface area contributed by atoms with Gasteiger partial charge in [-0.1, -0.05) is 12.1 Å². The predicted octanol–water partition coefficient (Wildman–Crippen LogP) is 2.41. The molecule has 0 aliphatic heterocycles. The van der Waals surface area contributed by atoms with Gasteiger partial charge in [0.05, 0.1) is 18.2 Å². The van der Waals surface area contributed by atoms with Gasteiger partial charge in [0.1, 0.15) is 5.84 Å². The summed E-state index contributed by atoms with van der Waals surface area (Å²) in [7, 11) is 0. The summed E-state index contributed by atoms with van der Waals surface area (Å²) in [5.41, 5.74) is 7.35. The first-order valence-corrected chi connectivity index (χ1v) is 6.32. The molecule has 5 heteroatoms. The third-order valence-corrected chi connectivity index (χ3v) is 2.54. The largest absolute Gasteiger partial charge is 0.466 e. The quantitative estimate of drug-likeness (QED) is 0.373. The molecule has 4 nitrogen and oxygen atoms in total. The normalized spacial score (nSPS) is 11.3. The molecule has 1 rings (SSSR count). The summed E-state index contributed by atoms with van der Waals surface area (Å²) < 4.78 is 4.86. The molecule has 0 heterocycles. The van der Waals surface area contributed by atoms with Crippen LogP contribution in [0.4, 0.5) is 5.69 Å². The van der Waals surface area contributed by atoms with Gasteiger partial charge >= 0.3 is 5.97 Å². The van der Waals surface area contributed by atoms with Crippen molar-refractivity contribution in [1.29, 1.82) is 0 Å². The minimum Gasteiger partial charge on any atom is -0.466 e. The van der Waals surface area contributed by atoms with E-state index in [1.54, 1.807) is 6.92 Å². The van der Waals surface area contributed by atoms with Gasteiger partial charge in [-0.05, 0) is 31.0 Å². The van der Waals surface area contributed by atoms with Gasteiger partial charge in [0, 0.05) is 6.42 Å². The zero-order valence-corrected chi connectivity index (χ0v) is 11.1. The van der Waals surface area contributed by atoms with Crippen molar-refractivity contribution >= 4 is 29.1 Å². The van der Waals surface area contributed by atoms with Crippen LogP contribution in [0.15, 0.2) is 29.3 Å². The molecule has 0 spiro atoms. The lowest BCUT2D eigenvalue weighted by molar-refractivity contribution is -0.143. The van der Waals surface area contributed by atoms with Crippen molar-refractivity contribution in [2.24, 2.45) is 10.7 Å². The zero-order valence-electron chi connectivity index (χ0n) is 10.4. The third-order valence-electron chi connectivity index (χ3n) is 2.27. The maximum absolute atomic E-state index is 11.2. The van der Waals surface area contributed by atoms with Gasteiger partial charge in [0.25, 0.3) is 0 Å². The van der Waals surface area contributed by atoms with Crippen LogP contribution in [0.3, 0.4) is 0 Å². The summed E-state index contributed by atoms with van der Waals surface area (Å²) in [4.78, 5) is 15.3. The van der Waals surface area contributed by atoms with Gasteiger partial charge in [0.2, 0.25) is 0 Å². The number of hydrogen-bond donors (Lipinski definition) is 1. The molecule has 0 aliphatic rings. The molecule has 98 valence electrons. The Bertz CT molecular complexity index is 416. The molecule has 0 fully saturated rings. The molecular formula is C13H17ClN2O2. The maximum Gasteiger partial charge on any atom is 0.306 e. The molecule has 18 heavy (non-hydrogen) atoms. The molecule has 0 unspecified atom stereocenters. The van der Waals surface area contributed by atoms with Crippen molar-refractivity contribution < 1.29 is 9.53 Å². The summed E-state index contributed by atoms with van der Waals surface area (Å²) in [6.45, 7) is 2.22. The van der Waals surface area contributed by atoms with Crippen LogP contribution >= 0.6 is 11.6 Å². The second-order valence-electron chi connectivity index (χ2n) is 3.71. The summed E-state index contributed by atoms with van der Waals surface area (Å²) in [6, 6.07) is 7.53. The standard InChI is InChI=1S/C13H17ClN2O2/c1-2-18-13(17)8-5-10-3-6-11(7-4-10)16-12(15)9-14/h3-4,6-7H,2,5,8-9H2,1H3,(H2,15,16). The van der Waals surface area contributed by atoms with Gasteiger partial charge in [-0.2, -0.15) is 0 Å². The molecule has 2 N–H and O–H groups in total. The number of halogens is 1. The minimum atomic E-state index is -0.175. The summed E-state index contributed by atoms with van der Waals surface area (Å²) in [5, 5.41) is 0. The van der Waals surface area contributed by atoms with E-state index in [0.29, 0.717) is 25.3 Å². The van der Waals surface area contributed by atoms with Crippen LogP contribution in [0.25, 0.3) is 0 Å². The molecule has 0 atom stereocenters.